The molecule has 2 aromatic carbocycles. The molecular weight excluding hydrogens is 492 g/mol. The lowest BCUT2D eigenvalue weighted by Gasteiger charge is -2.34. The van der Waals surface area contributed by atoms with Gasteiger partial charge in [0.1, 0.15) is 5.75 Å². The molecule has 1 fully saturated rings. The van der Waals surface area contributed by atoms with Crippen LogP contribution in [-0.4, -0.2) is 65.8 Å². The van der Waals surface area contributed by atoms with Crippen LogP contribution in [0.2, 0.25) is 0 Å². The van der Waals surface area contributed by atoms with Crippen molar-refractivity contribution >= 4 is 17.7 Å². The number of hydrogen-bond donors (Lipinski definition) is 1. The van der Waals surface area contributed by atoms with Gasteiger partial charge in [0.2, 0.25) is 12.7 Å². The summed E-state index contributed by atoms with van der Waals surface area (Å²) in [6, 6.07) is 13.8. The molecule has 10 heteroatoms. The molecule has 0 aliphatic carbocycles. The van der Waals surface area contributed by atoms with E-state index in [-0.39, 0.29) is 24.7 Å². The Morgan fingerprint density at radius 3 is 2.68 bits per heavy atom. The van der Waals surface area contributed by atoms with Crippen molar-refractivity contribution < 1.29 is 19.0 Å². The summed E-state index contributed by atoms with van der Waals surface area (Å²) in [5, 5.41) is 0.540. The zero-order chi connectivity index (χ0) is 25.8. The molecule has 1 amide bonds. The largest absolute Gasteiger partial charge is 0.497 e. The van der Waals surface area contributed by atoms with Gasteiger partial charge in [-0.1, -0.05) is 30.0 Å². The molecule has 3 heterocycles. The first-order valence-corrected chi connectivity index (χ1v) is 13.2. The number of amides is 1. The number of methoxy groups -OCH3 is 1. The minimum absolute atomic E-state index is 0.0464. The molecule has 3 aromatic rings. The van der Waals surface area contributed by atoms with Gasteiger partial charge in [-0.2, -0.15) is 0 Å². The second-order valence-electron chi connectivity index (χ2n) is 9.10. The van der Waals surface area contributed by atoms with E-state index in [2.05, 4.69) is 14.9 Å². The quantitative estimate of drug-likeness (QED) is 0.356. The number of aromatic amines is 1. The number of carbonyl (C=O) groups excluding carboxylic acids is 1. The normalized spacial score (nSPS) is 15.1. The van der Waals surface area contributed by atoms with Gasteiger partial charge in [0, 0.05) is 49.7 Å². The molecule has 5 rings (SSSR count). The number of piperazine rings is 1. The first-order chi connectivity index (χ1) is 18.0. The summed E-state index contributed by atoms with van der Waals surface area (Å²) >= 11 is 1.45. The van der Waals surface area contributed by atoms with Gasteiger partial charge in [0.25, 0.3) is 5.56 Å². The summed E-state index contributed by atoms with van der Waals surface area (Å²) in [4.78, 5) is 37.3. The lowest BCUT2D eigenvalue weighted by Crippen LogP contribution is -2.49. The van der Waals surface area contributed by atoms with Crippen LogP contribution in [0.5, 0.6) is 17.2 Å². The van der Waals surface area contributed by atoms with Crippen molar-refractivity contribution in [1.82, 2.24) is 19.8 Å². The Bertz CT molecular complexity index is 1340. The highest BCUT2D eigenvalue weighted by Crippen LogP contribution is 2.33. The molecule has 37 heavy (non-hydrogen) atoms. The highest BCUT2D eigenvalue weighted by atomic mass is 32.2. The number of nitrogens with one attached hydrogen (secondary N) is 1. The van der Waals surface area contributed by atoms with Crippen LogP contribution in [0.4, 0.5) is 0 Å². The van der Waals surface area contributed by atoms with Crippen LogP contribution in [-0.2, 0) is 23.5 Å². The van der Waals surface area contributed by atoms with E-state index in [1.165, 1.54) is 11.8 Å². The molecule has 1 saturated heterocycles. The molecule has 2 aliphatic rings. The first-order valence-electron chi connectivity index (χ1n) is 12.2. The van der Waals surface area contributed by atoms with Gasteiger partial charge in [0.15, 0.2) is 16.7 Å². The number of carbonyl (C=O) groups is 1. The van der Waals surface area contributed by atoms with Crippen LogP contribution in [0.25, 0.3) is 0 Å². The second-order valence-corrected chi connectivity index (χ2v) is 10.1. The second kappa shape index (κ2) is 11.3. The number of fused-ring (bicyclic) bond motifs is 1. The maximum absolute atomic E-state index is 13.0. The highest BCUT2D eigenvalue weighted by Gasteiger charge is 2.24. The van der Waals surface area contributed by atoms with Crippen LogP contribution < -0.4 is 19.8 Å². The topological polar surface area (TPSA) is 97.0 Å². The highest BCUT2D eigenvalue weighted by molar-refractivity contribution is 7.98. The summed E-state index contributed by atoms with van der Waals surface area (Å²) < 4.78 is 16.1. The minimum atomic E-state index is -0.254. The van der Waals surface area contributed by atoms with Crippen LogP contribution in [0.1, 0.15) is 22.4 Å². The molecule has 0 atom stereocenters. The average molecular weight is 523 g/mol. The van der Waals surface area contributed by atoms with Crippen LogP contribution >= 0.6 is 11.8 Å². The third-order valence-corrected chi connectivity index (χ3v) is 7.55. The molecule has 9 nitrogen and oxygen atoms in total. The van der Waals surface area contributed by atoms with Gasteiger partial charge in [-0.3, -0.25) is 14.5 Å². The Labute approximate surface area is 219 Å². The third kappa shape index (κ3) is 6.08. The van der Waals surface area contributed by atoms with Crippen LogP contribution in [0.3, 0.4) is 0 Å². The number of thioether (sulfide) groups is 1. The number of hydrogen-bond acceptors (Lipinski definition) is 8. The fraction of sp³-hybridized carbons (Fsp3) is 0.370. The van der Waals surface area contributed by atoms with Crippen molar-refractivity contribution in [3.05, 3.63) is 75.2 Å². The van der Waals surface area contributed by atoms with Gasteiger partial charge in [-0.25, -0.2) is 4.98 Å². The number of ether oxygens (including phenoxy) is 3. The molecule has 0 unspecified atom stereocenters. The smallest absolute Gasteiger partial charge is 0.255 e. The minimum Gasteiger partial charge on any atom is -0.497 e. The van der Waals surface area contributed by atoms with E-state index in [1.54, 1.807) is 14.0 Å². The van der Waals surface area contributed by atoms with Crippen molar-refractivity contribution in [2.24, 2.45) is 0 Å². The Balaban J connectivity index is 1.14. The Hall–Kier alpha value is -3.50. The van der Waals surface area contributed by atoms with E-state index in [1.807, 2.05) is 47.4 Å². The molecule has 2 aliphatic heterocycles. The Morgan fingerprint density at radius 1 is 1.08 bits per heavy atom. The summed E-state index contributed by atoms with van der Waals surface area (Å²) in [6.45, 7) is 5.64. The average Bonchev–Trinajstić information content (AvgIpc) is 3.38. The predicted octanol–water partition coefficient (Wildman–Crippen LogP) is 2.99. The van der Waals surface area contributed by atoms with Gasteiger partial charge in [-0.05, 0) is 42.3 Å². The van der Waals surface area contributed by atoms with Crippen molar-refractivity contribution in [2.45, 2.75) is 30.8 Å². The number of H-pyrrole nitrogens is 1. The van der Waals surface area contributed by atoms with E-state index < -0.39 is 0 Å². The molecule has 0 bridgehead atoms. The van der Waals surface area contributed by atoms with Crippen LogP contribution in [0.15, 0.2) is 52.4 Å². The number of rotatable bonds is 8. The molecule has 0 saturated carbocycles. The van der Waals surface area contributed by atoms with Crippen LogP contribution in [0, 0.1) is 6.92 Å². The van der Waals surface area contributed by atoms with Crippen molar-refractivity contribution in [2.75, 3.05) is 40.1 Å². The predicted molar refractivity (Wildman–Crippen MR) is 140 cm³/mol. The Morgan fingerprint density at radius 2 is 1.89 bits per heavy atom. The maximum Gasteiger partial charge on any atom is 0.255 e. The van der Waals surface area contributed by atoms with Crippen molar-refractivity contribution in [3.63, 3.8) is 0 Å². The molecule has 194 valence electrons. The van der Waals surface area contributed by atoms with Gasteiger partial charge in [0.05, 0.1) is 13.5 Å². The molecule has 0 spiro atoms. The van der Waals surface area contributed by atoms with Gasteiger partial charge in [-0.15, -0.1) is 0 Å². The number of nitrogens with zero attached hydrogens (tertiary/aromatic N) is 3. The monoisotopic (exact) mass is 522 g/mol. The fourth-order valence-corrected chi connectivity index (χ4v) is 5.34. The zero-order valence-electron chi connectivity index (χ0n) is 21.0. The molecule has 1 N–H and O–H groups in total. The fourth-order valence-electron chi connectivity index (χ4n) is 4.49. The first kappa shape index (κ1) is 25.2. The molecular formula is C27H30N4O5S. The van der Waals surface area contributed by atoms with Gasteiger partial charge >= 0.3 is 0 Å². The SMILES string of the molecule is COc1cccc(CSc2nc(C)c(CC(=O)N3CCN(Cc4ccc5c(c4)OCO5)CC3)c(=O)[nH]2)c1. The summed E-state index contributed by atoms with van der Waals surface area (Å²) in [5.41, 5.74) is 2.99. The molecule has 0 radical (unpaired) electrons. The lowest BCUT2D eigenvalue weighted by molar-refractivity contribution is -0.132. The number of benzene rings is 2. The van der Waals surface area contributed by atoms with Crippen molar-refractivity contribution in [3.8, 4) is 17.2 Å². The Kier molecular flexibility index (Phi) is 7.66. The summed E-state index contributed by atoms with van der Waals surface area (Å²) in [6.07, 6.45) is 0.0527. The van der Waals surface area contributed by atoms with E-state index in [9.17, 15) is 9.59 Å². The third-order valence-electron chi connectivity index (χ3n) is 6.61. The summed E-state index contributed by atoms with van der Waals surface area (Å²) in [7, 11) is 1.63. The van der Waals surface area contributed by atoms with E-state index in [0.717, 1.165) is 48.0 Å². The van der Waals surface area contributed by atoms with E-state index >= 15 is 0 Å². The van der Waals surface area contributed by atoms with E-state index in [4.69, 9.17) is 14.2 Å². The standard InChI is InChI=1S/C27H30N4O5S/c1-18-22(26(33)29-27(28-18)37-16-20-4-3-5-21(12-20)34-2)14-25(32)31-10-8-30(9-11-31)15-19-6-7-23-24(13-19)36-17-35-23/h3-7,12-13H,8-11,14-17H2,1-2H3,(H,28,29,33). The zero-order valence-corrected chi connectivity index (χ0v) is 21.8. The lowest BCUT2D eigenvalue weighted by atomic mass is 10.1. The molecule has 1 aromatic heterocycles. The van der Waals surface area contributed by atoms with E-state index in [0.29, 0.717) is 35.3 Å². The maximum atomic E-state index is 13.0. The van der Waals surface area contributed by atoms with Crippen molar-refractivity contribution in [1.29, 1.82) is 0 Å². The number of aryl methyl sites for hydroxylation is 1. The number of aromatic nitrogens is 2. The summed E-state index contributed by atoms with van der Waals surface area (Å²) in [5.74, 6) is 2.95. The van der Waals surface area contributed by atoms with Gasteiger partial charge < -0.3 is 24.1 Å².